The smallest absolute Gasteiger partial charge is 0.147 e. The Morgan fingerprint density at radius 2 is 1.36 bits per heavy atom. The van der Waals surface area contributed by atoms with Crippen LogP contribution < -0.4 is 0 Å². The van der Waals surface area contributed by atoms with Crippen molar-refractivity contribution in [3.8, 4) is 0 Å². The fraction of sp³-hybridized carbons (Fsp3) is 1.00. The highest BCUT2D eigenvalue weighted by molar-refractivity contribution is 4.98. The molecule has 3 atom stereocenters. The van der Waals surface area contributed by atoms with E-state index in [1.165, 1.54) is 0 Å². The summed E-state index contributed by atoms with van der Waals surface area (Å²) in [5.74, 6) is 0. The van der Waals surface area contributed by atoms with Gasteiger partial charge in [0, 0.05) is 0 Å². The fourth-order valence-electron chi connectivity index (χ4n) is 2.42. The van der Waals surface area contributed by atoms with E-state index < -0.39 is 0 Å². The van der Waals surface area contributed by atoms with Crippen molar-refractivity contribution in [1.29, 1.82) is 0 Å². The predicted molar refractivity (Wildman–Crippen MR) is 49.8 cm³/mol. The molecule has 4 nitrogen and oxygen atoms in total. The van der Waals surface area contributed by atoms with Crippen molar-refractivity contribution in [3.63, 3.8) is 0 Å². The summed E-state index contributed by atoms with van der Waals surface area (Å²) >= 11 is 0. The fourth-order valence-corrected chi connectivity index (χ4v) is 2.42. The van der Waals surface area contributed by atoms with Crippen LogP contribution in [0.1, 0.15) is 20.8 Å². The molecule has 2 heterocycles. The van der Waals surface area contributed by atoms with Crippen molar-refractivity contribution in [3.05, 3.63) is 0 Å². The molecule has 0 aromatic rings. The van der Waals surface area contributed by atoms with Crippen LogP contribution in [0.5, 0.6) is 0 Å². The minimum atomic E-state index is -0.156. The van der Waals surface area contributed by atoms with Crippen LogP contribution in [0.2, 0.25) is 0 Å². The zero-order valence-electron chi connectivity index (χ0n) is 8.99. The summed E-state index contributed by atoms with van der Waals surface area (Å²) < 4.78 is 22.0. The molecule has 82 valence electrons. The van der Waals surface area contributed by atoms with Gasteiger partial charge in [0.1, 0.15) is 13.6 Å². The standard InChI is InChI=1S/C10H18O4/c1-7-10(4-11-5-12-7)8(2)13-6-14-9(10)3/h7-9H,4-6H2,1-3H3. The Hall–Kier alpha value is -0.160. The van der Waals surface area contributed by atoms with E-state index in [0.29, 0.717) is 20.2 Å². The Bertz CT molecular complexity index is 183. The first-order valence-corrected chi connectivity index (χ1v) is 5.10. The molecule has 0 amide bonds. The van der Waals surface area contributed by atoms with Crippen molar-refractivity contribution < 1.29 is 18.9 Å². The Balaban J connectivity index is 2.23. The quantitative estimate of drug-likeness (QED) is 0.590. The van der Waals surface area contributed by atoms with Gasteiger partial charge >= 0.3 is 0 Å². The average molecular weight is 202 g/mol. The summed E-state index contributed by atoms with van der Waals surface area (Å²) in [4.78, 5) is 0. The molecule has 14 heavy (non-hydrogen) atoms. The van der Waals surface area contributed by atoms with Crippen LogP contribution in [0.4, 0.5) is 0 Å². The first kappa shape index (κ1) is 10.4. The highest BCUT2D eigenvalue weighted by atomic mass is 16.7. The van der Waals surface area contributed by atoms with E-state index in [2.05, 4.69) is 20.8 Å². The van der Waals surface area contributed by atoms with E-state index in [1.807, 2.05) is 0 Å². The first-order chi connectivity index (χ1) is 6.68. The predicted octanol–water partition coefficient (Wildman–Crippen LogP) is 1.15. The van der Waals surface area contributed by atoms with Crippen LogP contribution in [0.25, 0.3) is 0 Å². The van der Waals surface area contributed by atoms with E-state index >= 15 is 0 Å². The third-order valence-corrected chi connectivity index (χ3v) is 3.66. The molecule has 3 unspecified atom stereocenters. The van der Waals surface area contributed by atoms with E-state index in [0.717, 1.165) is 0 Å². The summed E-state index contributed by atoms with van der Waals surface area (Å²) in [6.07, 6.45) is 0.338. The van der Waals surface area contributed by atoms with Gasteiger partial charge in [-0.1, -0.05) is 0 Å². The molecule has 0 saturated carbocycles. The van der Waals surface area contributed by atoms with Gasteiger partial charge in [0.05, 0.1) is 30.3 Å². The molecular weight excluding hydrogens is 184 g/mol. The van der Waals surface area contributed by atoms with Gasteiger partial charge in [-0.25, -0.2) is 0 Å². The molecule has 2 aliphatic rings. The zero-order chi connectivity index (χ0) is 10.2. The molecule has 2 fully saturated rings. The summed E-state index contributed by atoms with van der Waals surface area (Å²) in [5.41, 5.74) is -0.156. The largest absolute Gasteiger partial charge is 0.355 e. The lowest BCUT2D eigenvalue weighted by Crippen LogP contribution is -2.61. The lowest BCUT2D eigenvalue weighted by Gasteiger charge is -2.51. The van der Waals surface area contributed by atoms with Crippen LogP contribution in [0.3, 0.4) is 0 Å². The van der Waals surface area contributed by atoms with E-state index in [9.17, 15) is 0 Å². The molecule has 1 spiro atoms. The van der Waals surface area contributed by atoms with Crippen molar-refractivity contribution in [1.82, 2.24) is 0 Å². The molecule has 0 aromatic carbocycles. The van der Waals surface area contributed by atoms with Gasteiger partial charge < -0.3 is 18.9 Å². The van der Waals surface area contributed by atoms with Crippen LogP contribution in [-0.2, 0) is 18.9 Å². The molecule has 0 radical (unpaired) electrons. The maximum absolute atomic E-state index is 5.53. The maximum Gasteiger partial charge on any atom is 0.147 e. The topological polar surface area (TPSA) is 36.9 Å². The summed E-state index contributed by atoms with van der Waals surface area (Å²) in [7, 11) is 0. The monoisotopic (exact) mass is 202 g/mol. The summed E-state index contributed by atoms with van der Waals surface area (Å²) in [6, 6.07) is 0. The number of ether oxygens (including phenoxy) is 4. The Kier molecular flexibility index (Phi) is 2.79. The van der Waals surface area contributed by atoms with Gasteiger partial charge in [0.25, 0.3) is 0 Å². The number of hydrogen-bond donors (Lipinski definition) is 0. The molecule has 4 heteroatoms. The van der Waals surface area contributed by atoms with E-state index in [1.54, 1.807) is 0 Å². The second-order valence-corrected chi connectivity index (χ2v) is 4.12. The lowest BCUT2D eigenvalue weighted by molar-refractivity contribution is -0.319. The Labute approximate surface area is 84.5 Å². The Morgan fingerprint density at radius 1 is 0.857 bits per heavy atom. The van der Waals surface area contributed by atoms with Crippen LogP contribution in [0.15, 0.2) is 0 Å². The molecule has 0 N–H and O–H groups in total. The molecule has 2 aliphatic heterocycles. The van der Waals surface area contributed by atoms with Crippen LogP contribution >= 0.6 is 0 Å². The zero-order valence-corrected chi connectivity index (χ0v) is 8.99. The molecule has 2 saturated heterocycles. The Morgan fingerprint density at radius 3 is 1.86 bits per heavy atom. The van der Waals surface area contributed by atoms with Gasteiger partial charge in [-0.15, -0.1) is 0 Å². The third kappa shape index (κ3) is 1.37. The normalized spacial score (nSPS) is 49.5. The van der Waals surface area contributed by atoms with Crippen molar-refractivity contribution >= 4 is 0 Å². The van der Waals surface area contributed by atoms with Crippen molar-refractivity contribution in [2.45, 2.75) is 39.1 Å². The maximum atomic E-state index is 5.53. The van der Waals surface area contributed by atoms with Gasteiger partial charge in [-0.3, -0.25) is 0 Å². The van der Waals surface area contributed by atoms with Gasteiger partial charge in [0.2, 0.25) is 0 Å². The highest BCUT2D eigenvalue weighted by Crippen LogP contribution is 2.41. The molecule has 2 rings (SSSR count). The highest BCUT2D eigenvalue weighted by Gasteiger charge is 2.52. The molecule has 0 bridgehead atoms. The molecular formula is C10H18O4. The second kappa shape index (κ2) is 3.77. The average Bonchev–Trinajstić information content (AvgIpc) is 2.17. The van der Waals surface area contributed by atoms with Crippen LogP contribution in [0, 0.1) is 5.41 Å². The third-order valence-electron chi connectivity index (χ3n) is 3.66. The summed E-state index contributed by atoms with van der Waals surface area (Å²) in [5, 5.41) is 0. The van der Waals surface area contributed by atoms with Crippen LogP contribution in [-0.4, -0.2) is 38.5 Å². The lowest BCUT2D eigenvalue weighted by atomic mass is 9.73. The molecule has 0 aromatic heterocycles. The van der Waals surface area contributed by atoms with E-state index in [4.69, 9.17) is 18.9 Å². The second-order valence-electron chi connectivity index (χ2n) is 4.12. The van der Waals surface area contributed by atoms with Crippen molar-refractivity contribution in [2.24, 2.45) is 5.41 Å². The van der Waals surface area contributed by atoms with Crippen molar-refractivity contribution in [2.75, 3.05) is 20.2 Å². The minimum absolute atomic E-state index is 0.113. The summed E-state index contributed by atoms with van der Waals surface area (Å²) in [6.45, 7) is 7.59. The first-order valence-electron chi connectivity index (χ1n) is 5.10. The molecule has 0 aliphatic carbocycles. The SMILES string of the molecule is CC1OCOCC12C(C)OCOC2C. The minimum Gasteiger partial charge on any atom is -0.355 e. The number of hydrogen-bond acceptors (Lipinski definition) is 4. The van der Waals surface area contributed by atoms with E-state index in [-0.39, 0.29) is 23.7 Å². The van der Waals surface area contributed by atoms with Gasteiger partial charge in [-0.2, -0.15) is 0 Å². The van der Waals surface area contributed by atoms with Gasteiger partial charge in [-0.05, 0) is 20.8 Å². The van der Waals surface area contributed by atoms with Gasteiger partial charge in [0.15, 0.2) is 0 Å². The number of rotatable bonds is 0.